The van der Waals surface area contributed by atoms with Crippen molar-refractivity contribution in [3.05, 3.63) is 35.1 Å². The number of methoxy groups -OCH3 is 1. The van der Waals surface area contributed by atoms with Gasteiger partial charge in [0.1, 0.15) is 5.82 Å². The number of benzene rings is 1. The highest BCUT2D eigenvalue weighted by molar-refractivity contribution is 5.25. The predicted molar refractivity (Wildman–Crippen MR) is 76.3 cm³/mol. The SMILES string of the molecule is COCCN(Cc1cc(CN)ccc1F)CC(C)C. The lowest BCUT2D eigenvalue weighted by Gasteiger charge is -2.24. The van der Waals surface area contributed by atoms with Crippen molar-refractivity contribution in [1.82, 2.24) is 4.90 Å². The quantitative estimate of drug-likeness (QED) is 0.787. The zero-order valence-corrected chi connectivity index (χ0v) is 12.2. The molecule has 0 radical (unpaired) electrons. The molecule has 0 amide bonds. The second-order valence-electron chi connectivity index (χ2n) is 5.25. The van der Waals surface area contributed by atoms with Crippen LogP contribution in [-0.4, -0.2) is 31.7 Å². The van der Waals surface area contributed by atoms with Gasteiger partial charge in [-0.1, -0.05) is 26.0 Å². The molecule has 0 saturated carbocycles. The molecule has 0 aliphatic carbocycles. The number of halogens is 1. The van der Waals surface area contributed by atoms with Gasteiger partial charge in [-0.05, 0) is 17.5 Å². The van der Waals surface area contributed by atoms with Gasteiger partial charge in [0.15, 0.2) is 0 Å². The third-order valence-corrected chi connectivity index (χ3v) is 2.97. The Balaban J connectivity index is 2.76. The van der Waals surface area contributed by atoms with Crippen molar-refractivity contribution in [2.45, 2.75) is 26.9 Å². The van der Waals surface area contributed by atoms with Gasteiger partial charge in [-0.3, -0.25) is 4.90 Å². The van der Waals surface area contributed by atoms with Crippen molar-refractivity contribution in [3.63, 3.8) is 0 Å². The van der Waals surface area contributed by atoms with Crippen LogP contribution in [0.25, 0.3) is 0 Å². The first kappa shape index (κ1) is 16.1. The first-order valence-electron chi connectivity index (χ1n) is 6.75. The average molecular weight is 268 g/mol. The number of ether oxygens (including phenoxy) is 1. The molecule has 0 aliphatic rings. The Labute approximate surface area is 115 Å². The highest BCUT2D eigenvalue weighted by Crippen LogP contribution is 2.14. The number of nitrogens with zero attached hydrogens (tertiary/aromatic N) is 1. The Hall–Kier alpha value is -0.970. The first-order chi connectivity index (χ1) is 9.06. The number of rotatable bonds is 8. The predicted octanol–water partition coefficient (Wildman–Crippen LogP) is 2.39. The molecule has 1 aromatic carbocycles. The van der Waals surface area contributed by atoms with Crippen molar-refractivity contribution < 1.29 is 9.13 Å². The molecule has 0 aromatic heterocycles. The molecular weight excluding hydrogens is 243 g/mol. The van der Waals surface area contributed by atoms with Crippen molar-refractivity contribution in [2.24, 2.45) is 11.7 Å². The molecule has 0 atom stereocenters. The molecule has 1 aromatic rings. The summed E-state index contributed by atoms with van der Waals surface area (Å²) in [5, 5.41) is 0. The third-order valence-electron chi connectivity index (χ3n) is 2.97. The van der Waals surface area contributed by atoms with Gasteiger partial charge < -0.3 is 10.5 Å². The number of hydrogen-bond acceptors (Lipinski definition) is 3. The lowest BCUT2D eigenvalue weighted by Crippen LogP contribution is -2.31. The standard InChI is InChI=1S/C15H25FN2O/c1-12(2)10-18(6-7-19-3)11-14-8-13(9-17)4-5-15(14)16/h4-5,8,12H,6-7,9-11,17H2,1-3H3. The third kappa shape index (κ3) is 5.68. The fourth-order valence-corrected chi connectivity index (χ4v) is 2.09. The molecule has 19 heavy (non-hydrogen) atoms. The van der Waals surface area contributed by atoms with Crippen molar-refractivity contribution >= 4 is 0 Å². The summed E-state index contributed by atoms with van der Waals surface area (Å²) in [6.07, 6.45) is 0. The van der Waals surface area contributed by atoms with Crippen LogP contribution in [0.5, 0.6) is 0 Å². The average Bonchev–Trinajstić information content (AvgIpc) is 2.37. The van der Waals surface area contributed by atoms with Crippen LogP contribution < -0.4 is 5.73 Å². The van der Waals surface area contributed by atoms with E-state index in [4.69, 9.17) is 10.5 Å². The molecule has 0 unspecified atom stereocenters. The second-order valence-corrected chi connectivity index (χ2v) is 5.25. The van der Waals surface area contributed by atoms with Gasteiger partial charge in [-0.15, -0.1) is 0 Å². The Bertz CT molecular complexity index is 382. The van der Waals surface area contributed by atoms with E-state index in [-0.39, 0.29) is 5.82 Å². The maximum atomic E-state index is 13.8. The minimum atomic E-state index is -0.164. The zero-order chi connectivity index (χ0) is 14.3. The van der Waals surface area contributed by atoms with Gasteiger partial charge >= 0.3 is 0 Å². The molecule has 1 rings (SSSR count). The molecule has 0 spiro atoms. The van der Waals surface area contributed by atoms with Gasteiger partial charge in [-0.2, -0.15) is 0 Å². The van der Waals surface area contributed by atoms with Gasteiger partial charge in [0.25, 0.3) is 0 Å². The van der Waals surface area contributed by atoms with Crippen LogP contribution in [0.4, 0.5) is 4.39 Å². The molecule has 0 heterocycles. The van der Waals surface area contributed by atoms with E-state index in [9.17, 15) is 4.39 Å². The molecule has 0 aliphatic heterocycles. The molecule has 3 nitrogen and oxygen atoms in total. The monoisotopic (exact) mass is 268 g/mol. The fourth-order valence-electron chi connectivity index (χ4n) is 2.09. The van der Waals surface area contributed by atoms with E-state index < -0.39 is 0 Å². The Kier molecular flexibility index (Phi) is 6.99. The lowest BCUT2D eigenvalue weighted by molar-refractivity contribution is 0.135. The van der Waals surface area contributed by atoms with Crippen molar-refractivity contribution in [3.8, 4) is 0 Å². The normalized spacial score (nSPS) is 11.5. The summed E-state index contributed by atoms with van der Waals surface area (Å²) in [4.78, 5) is 2.22. The second kappa shape index (κ2) is 8.25. The summed E-state index contributed by atoms with van der Waals surface area (Å²) in [6, 6.07) is 5.09. The maximum absolute atomic E-state index is 13.8. The largest absolute Gasteiger partial charge is 0.383 e. The Morgan fingerprint density at radius 2 is 2.11 bits per heavy atom. The van der Waals surface area contributed by atoms with E-state index in [2.05, 4.69) is 18.7 Å². The van der Waals surface area contributed by atoms with Gasteiger partial charge in [-0.25, -0.2) is 4.39 Å². The molecule has 0 saturated heterocycles. The zero-order valence-electron chi connectivity index (χ0n) is 12.2. The van der Waals surface area contributed by atoms with E-state index in [1.54, 1.807) is 13.2 Å². The van der Waals surface area contributed by atoms with Crippen LogP contribution in [-0.2, 0) is 17.8 Å². The van der Waals surface area contributed by atoms with Gasteiger partial charge in [0, 0.05) is 38.9 Å². The summed E-state index contributed by atoms with van der Waals surface area (Å²) >= 11 is 0. The van der Waals surface area contributed by atoms with Gasteiger partial charge in [0.05, 0.1) is 6.61 Å². The highest BCUT2D eigenvalue weighted by Gasteiger charge is 2.11. The van der Waals surface area contributed by atoms with Crippen LogP contribution in [0.1, 0.15) is 25.0 Å². The summed E-state index contributed by atoms with van der Waals surface area (Å²) in [6.45, 7) is 7.75. The highest BCUT2D eigenvalue weighted by atomic mass is 19.1. The van der Waals surface area contributed by atoms with Crippen molar-refractivity contribution in [1.29, 1.82) is 0 Å². The summed E-state index contributed by atoms with van der Waals surface area (Å²) in [5.74, 6) is 0.376. The number of nitrogens with two attached hydrogens (primary N) is 1. The van der Waals surface area contributed by atoms with E-state index in [0.717, 1.165) is 18.7 Å². The van der Waals surface area contributed by atoms with Crippen molar-refractivity contribution in [2.75, 3.05) is 26.8 Å². The van der Waals surface area contributed by atoms with Crippen LogP contribution in [0.15, 0.2) is 18.2 Å². The minimum absolute atomic E-state index is 0.164. The molecule has 108 valence electrons. The Morgan fingerprint density at radius 1 is 1.37 bits per heavy atom. The molecule has 0 bridgehead atoms. The number of hydrogen-bond donors (Lipinski definition) is 1. The van der Waals surface area contributed by atoms with E-state index in [1.165, 1.54) is 6.07 Å². The summed E-state index contributed by atoms with van der Waals surface area (Å²) in [5.41, 5.74) is 7.28. The smallest absolute Gasteiger partial charge is 0.127 e. The van der Waals surface area contributed by atoms with E-state index >= 15 is 0 Å². The van der Waals surface area contributed by atoms with Crippen LogP contribution in [0.2, 0.25) is 0 Å². The lowest BCUT2D eigenvalue weighted by atomic mass is 10.1. The Morgan fingerprint density at radius 3 is 2.68 bits per heavy atom. The van der Waals surface area contributed by atoms with E-state index in [1.807, 2.05) is 6.07 Å². The molecular formula is C15H25FN2O. The molecule has 4 heteroatoms. The first-order valence-corrected chi connectivity index (χ1v) is 6.75. The maximum Gasteiger partial charge on any atom is 0.127 e. The topological polar surface area (TPSA) is 38.5 Å². The molecule has 2 N–H and O–H groups in total. The summed E-state index contributed by atoms with van der Waals surface area (Å²) in [7, 11) is 1.68. The van der Waals surface area contributed by atoms with E-state index in [0.29, 0.717) is 31.2 Å². The van der Waals surface area contributed by atoms with Gasteiger partial charge in [0.2, 0.25) is 0 Å². The van der Waals surface area contributed by atoms with Crippen LogP contribution in [0, 0.1) is 11.7 Å². The molecule has 0 fully saturated rings. The fraction of sp³-hybridized carbons (Fsp3) is 0.600. The summed E-state index contributed by atoms with van der Waals surface area (Å²) < 4.78 is 18.9. The van der Waals surface area contributed by atoms with Crippen LogP contribution >= 0.6 is 0 Å². The minimum Gasteiger partial charge on any atom is -0.383 e. The van der Waals surface area contributed by atoms with Crippen LogP contribution in [0.3, 0.4) is 0 Å².